The van der Waals surface area contributed by atoms with Gasteiger partial charge in [0.25, 0.3) is 0 Å². The van der Waals surface area contributed by atoms with E-state index in [0.717, 1.165) is 16.7 Å². The smallest absolute Gasteiger partial charge is 0.313 e. The molecule has 0 saturated carbocycles. The number of nitrogens with zero attached hydrogens (tertiary/aromatic N) is 2. The molecule has 19 heavy (non-hydrogen) atoms. The highest BCUT2D eigenvalue weighted by atomic mass is 32.2. The summed E-state index contributed by atoms with van der Waals surface area (Å²) in [6.07, 6.45) is 0. The van der Waals surface area contributed by atoms with Crippen molar-refractivity contribution in [1.82, 2.24) is 9.55 Å². The van der Waals surface area contributed by atoms with E-state index in [1.54, 1.807) is 11.3 Å². The molecule has 0 aliphatic carbocycles. The minimum absolute atomic E-state index is 0.00740. The third-order valence-electron chi connectivity index (χ3n) is 2.62. The average molecular weight is 290 g/mol. The standard InChI is InChI=1S/C13H10N2O2S2/c16-12(17)8-19-13-14-10-3-1-2-4-11(10)15(13)9-5-6-18-7-9/h1-7H,8H2,(H,16,17). The van der Waals surface area contributed by atoms with Crippen LogP contribution in [0.3, 0.4) is 0 Å². The molecule has 0 amide bonds. The summed E-state index contributed by atoms with van der Waals surface area (Å²) in [4.78, 5) is 15.2. The quantitative estimate of drug-likeness (QED) is 0.749. The normalized spacial score (nSPS) is 10.9. The van der Waals surface area contributed by atoms with E-state index in [-0.39, 0.29) is 5.75 Å². The molecular weight excluding hydrogens is 280 g/mol. The lowest BCUT2D eigenvalue weighted by atomic mass is 10.3. The van der Waals surface area contributed by atoms with Crippen molar-refractivity contribution in [3.8, 4) is 5.69 Å². The fourth-order valence-corrected chi connectivity index (χ4v) is 3.23. The molecule has 1 N–H and O–H groups in total. The monoisotopic (exact) mass is 290 g/mol. The summed E-state index contributed by atoms with van der Waals surface area (Å²) in [7, 11) is 0. The van der Waals surface area contributed by atoms with Crippen molar-refractivity contribution in [2.45, 2.75) is 5.16 Å². The Labute approximate surface area is 117 Å². The minimum atomic E-state index is -0.839. The lowest BCUT2D eigenvalue weighted by Gasteiger charge is -2.05. The van der Waals surface area contributed by atoms with E-state index in [9.17, 15) is 4.79 Å². The van der Waals surface area contributed by atoms with Crippen LogP contribution < -0.4 is 0 Å². The number of para-hydroxylation sites is 2. The van der Waals surface area contributed by atoms with Crippen LogP contribution in [0.4, 0.5) is 0 Å². The van der Waals surface area contributed by atoms with Crippen LogP contribution in [0.15, 0.2) is 46.2 Å². The highest BCUT2D eigenvalue weighted by molar-refractivity contribution is 7.99. The molecule has 1 aromatic carbocycles. The molecule has 3 rings (SSSR count). The number of carbonyl (C=O) groups is 1. The molecule has 3 aromatic rings. The molecular formula is C13H10N2O2S2. The van der Waals surface area contributed by atoms with Gasteiger partial charge in [0.15, 0.2) is 5.16 Å². The van der Waals surface area contributed by atoms with Crippen LogP contribution in [0.1, 0.15) is 0 Å². The lowest BCUT2D eigenvalue weighted by Crippen LogP contribution is -2.01. The van der Waals surface area contributed by atoms with Crippen LogP contribution in [0.25, 0.3) is 16.7 Å². The SMILES string of the molecule is O=C(O)CSc1nc2ccccc2n1-c1ccsc1. The van der Waals surface area contributed by atoms with E-state index in [2.05, 4.69) is 4.98 Å². The van der Waals surface area contributed by atoms with Crippen molar-refractivity contribution in [2.24, 2.45) is 0 Å². The number of benzene rings is 1. The fourth-order valence-electron chi connectivity index (χ4n) is 1.86. The van der Waals surface area contributed by atoms with Crippen molar-refractivity contribution in [2.75, 3.05) is 5.75 Å². The van der Waals surface area contributed by atoms with E-state index in [4.69, 9.17) is 5.11 Å². The lowest BCUT2D eigenvalue weighted by molar-refractivity contribution is -0.133. The van der Waals surface area contributed by atoms with Crippen molar-refractivity contribution in [1.29, 1.82) is 0 Å². The number of hydrogen-bond donors (Lipinski definition) is 1. The maximum Gasteiger partial charge on any atom is 0.313 e. The molecule has 96 valence electrons. The second-order valence-corrected chi connectivity index (χ2v) is 5.60. The average Bonchev–Trinajstić information content (AvgIpc) is 3.02. The fraction of sp³-hybridized carbons (Fsp3) is 0.0769. The number of thiophene rings is 1. The van der Waals surface area contributed by atoms with Crippen molar-refractivity contribution < 1.29 is 9.90 Å². The molecule has 2 heterocycles. The first-order valence-electron chi connectivity index (χ1n) is 5.60. The molecule has 0 aliphatic rings. The summed E-state index contributed by atoms with van der Waals surface area (Å²) < 4.78 is 2.00. The zero-order chi connectivity index (χ0) is 13.2. The van der Waals surface area contributed by atoms with Crippen LogP contribution in [-0.4, -0.2) is 26.4 Å². The molecule has 0 bridgehead atoms. The molecule has 0 atom stereocenters. The van der Waals surface area contributed by atoms with Gasteiger partial charge in [0.05, 0.1) is 22.5 Å². The summed E-state index contributed by atoms with van der Waals surface area (Å²) in [5, 5.41) is 13.5. The number of rotatable bonds is 4. The highest BCUT2D eigenvalue weighted by Gasteiger charge is 2.13. The van der Waals surface area contributed by atoms with Gasteiger partial charge in [-0.1, -0.05) is 23.9 Å². The molecule has 6 heteroatoms. The third kappa shape index (κ3) is 2.36. The van der Waals surface area contributed by atoms with Gasteiger partial charge in [0, 0.05) is 5.38 Å². The van der Waals surface area contributed by atoms with Crippen LogP contribution in [0.2, 0.25) is 0 Å². The van der Waals surface area contributed by atoms with Crippen molar-refractivity contribution in [3.05, 3.63) is 41.1 Å². The molecule has 2 aromatic heterocycles. The number of carboxylic acid groups (broad SMARTS) is 1. The Balaban J connectivity index is 2.14. The summed E-state index contributed by atoms with van der Waals surface area (Å²) in [5.41, 5.74) is 2.89. The van der Waals surface area contributed by atoms with Gasteiger partial charge in [0.1, 0.15) is 0 Å². The van der Waals surface area contributed by atoms with Gasteiger partial charge in [-0.25, -0.2) is 4.98 Å². The maximum atomic E-state index is 10.7. The van der Waals surface area contributed by atoms with Crippen LogP contribution in [-0.2, 0) is 4.79 Å². The summed E-state index contributed by atoms with van der Waals surface area (Å²) >= 11 is 2.84. The number of fused-ring (bicyclic) bond motifs is 1. The minimum Gasteiger partial charge on any atom is -0.481 e. The Bertz CT molecular complexity index is 719. The topological polar surface area (TPSA) is 55.1 Å². The molecule has 0 aliphatic heterocycles. The van der Waals surface area contributed by atoms with E-state index in [1.807, 2.05) is 45.7 Å². The van der Waals surface area contributed by atoms with Gasteiger partial charge in [-0.05, 0) is 23.6 Å². The first-order valence-corrected chi connectivity index (χ1v) is 7.53. The second-order valence-electron chi connectivity index (χ2n) is 3.88. The van der Waals surface area contributed by atoms with Gasteiger partial charge < -0.3 is 5.11 Å². The van der Waals surface area contributed by atoms with Gasteiger partial charge in [-0.2, -0.15) is 11.3 Å². The second kappa shape index (κ2) is 5.07. The molecule has 0 saturated heterocycles. The Morgan fingerprint density at radius 2 is 2.21 bits per heavy atom. The van der Waals surface area contributed by atoms with E-state index >= 15 is 0 Å². The largest absolute Gasteiger partial charge is 0.481 e. The van der Waals surface area contributed by atoms with Gasteiger partial charge in [0.2, 0.25) is 0 Å². The Morgan fingerprint density at radius 1 is 1.37 bits per heavy atom. The number of hydrogen-bond acceptors (Lipinski definition) is 4. The van der Waals surface area contributed by atoms with E-state index in [1.165, 1.54) is 11.8 Å². The van der Waals surface area contributed by atoms with Crippen molar-refractivity contribution in [3.63, 3.8) is 0 Å². The molecule has 0 radical (unpaired) electrons. The third-order valence-corrected chi connectivity index (χ3v) is 4.21. The van der Waals surface area contributed by atoms with Crippen LogP contribution in [0.5, 0.6) is 0 Å². The maximum absolute atomic E-state index is 10.7. The Hall–Kier alpha value is -1.79. The van der Waals surface area contributed by atoms with Crippen LogP contribution in [0, 0.1) is 0 Å². The predicted molar refractivity (Wildman–Crippen MR) is 77.3 cm³/mol. The zero-order valence-corrected chi connectivity index (χ0v) is 11.4. The molecule has 0 unspecified atom stereocenters. The molecule has 0 spiro atoms. The van der Waals surface area contributed by atoms with Gasteiger partial charge in [-0.3, -0.25) is 9.36 Å². The highest BCUT2D eigenvalue weighted by Crippen LogP contribution is 2.28. The Morgan fingerprint density at radius 3 is 2.95 bits per heavy atom. The van der Waals surface area contributed by atoms with Crippen molar-refractivity contribution >= 4 is 40.1 Å². The van der Waals surface area contributed by atoms with Gasteiger partial charge >= 0.3 is 5.97 Å². The summed E-state index contributed by atoms with van der Waals surface area (Å²) in [6.45, 7) is 0. The first kappa shape index (κ1) is 12.3. The zero-order valence-electron chi connectivity index (χ0n) is 9.81. The number of aliphatic carboxylic acids is 1. The predicted octanol–water partition coefficient (Wildman–Crippen LogP) is 3.26. The summed E-state index contributed by atoms with van der Waals surface area (Å²) in [5.74, 6) is -0.832. The van der Waals surface area contributed by atoms with E-state index < -0.39 is 5.97 Å². The number of imidazole rings is 1. The van der Waals surface area contributed by atoms with E-state index in [0.29, 0.717) is 5.16 Å². The molecule has 0 fully saturated rings. The first-order chi connectivity index (χ1) is 9.25. The molecule has 4 nitrogen and oxygen atoms in total. The Kier molecular flexibility index (Phi) is 3.27. The number of thioether (sulfide) groups is 1. The van der Waals surface area contributed by atoms with Gasteiger partial charge in [-0.15, -0.1) is 0 Å². The number of carboxylic acids is 1. The number of aromatic nitrogens is 2. The summed E-state index contributed by atoms with van der Waals surface area (Å²) in [6, 6.07) is 9.81. The van der Waals surface area contributed by atoms with Crippen LogP contribution >= 0.6 is 23.1 Å².